The quantitative estimate of drug-likeness (QED) is 0.674. The van der Waals surface area contributed by atoms with Crippen molar-refractivity contribution in [2.45, 2.75) is 13.3 Å². The highest BCUT2D eigenvalue weighted by Gasteiger charge is 2.16. The van der Waals surface area contributed by atoms with Crippen LogP contribution in [0.15, 0.2) is 48.5 Å². The van der Waals surface area contributed by atoms with Gasteiger partial charge in [-0.05, 0) is 36.4 Å². The molecule has 2 aromatic carbocycles. The molecule has 0 saturated heterocycles. The third-order valence-electron chi connectivity index (χ3n) is 4.01. The summed E-state index contributed by atoms with van der Waals surface area (Å²) in [4.78, 5) is 25.4. The number of amides is 2. The molecule has 0 spiro atoms. The van der Waals surface area contributed by atoms with Gasteiger partial charge in [-0.1, -0.05) is 12.1 Å². The predicted molar refractivity (Wildman–Crippen MR) is 105 cm³/mol. The van der Waals surface area contributed by atoms with Crippen LogP contribution in [0.1, 0.15) is 18.9 Å². The van der Waals surface area contributed by atoms with Crippen molar-refractivity contribution >= 4 is 17.5 Å². The van der Waals surface area contributed by atoms with Gasteiger partial charge in [-0.2, -0.15) is 5.26 Å². The zero-order chi connectivity index (χ0) is 20.4. The number of hydrogen-bond acceptors (Lipinski definition) is 5. The molecule has 0 aliphatic carbocycles. The van der Waals surface area contributed by atoms with Crippen molar-refractivity contribution in [3.63, 3.8) is 0 Å². The first-order valence-electron chi connectivity index (χ1n) is 8.86. The maximum absolute atomic E-state index is 12.1. The number of benzene rings is 2. The van der Waals surface area contributed by atoms with Crippen LogP contribution in [-0.2, 0) is 9.59 Å². The maximum atomic E-state index is 12.1. The van der Waals surface area contributed by atoms with Crippen LogP contribution in [0.4, 0.5) is 5.69 Å². The molecule has 2 amide bonds. The van der Waals surface area contributed by atoms with E-state index in [0.29, 0.717) is 30.2 Å². The molecule has 0 heterocycles. The van der Waals surface area contributed by atoms with Crippen molar-refractivity contribution < 1.29 is 19.1 Å². The van der Waals surface area contributed by atoms with Gasteiger partial charge in [-0.15, -0.1) is 0 Å². The van der Waals surface area contributed by atoms with E-state index in [1.165, 1.54) is 11.8 Å². The molecule has 0 aromatic heterocycles. The molecule has 0 bridgehead atoms. The van der Waals surface area contributed by atoms with Gasteiger partial charge in [0.1, 0.15) is 24.2 Å². The monoisotopic (exact) mass is 381 g/mol. The minimum absolute atomic E-state index is 0.127. The second-order valence-electron chi connectivity index (χ2n) is 5.92. The molecule has 2 aromatic rings. The number of rotatable bonds is 9. The van der Waals surface area contributed by atoms with Gasteiger partial charge in [0.2, 0.25) is 11.8 Å². The van der Waals surface area contributed by atoms with Gasteiger partial charge in [0.25, 0.3) is 0 Å². The summed E-state index contributed by atoms with van der Waals surface area (Å²) in [7, 11) is 1.59. The summed E-state index contributed by atoms with van der Waals surface area (Å²) >= 11 is 0. The third kappa shape index (κ3) is 6.02. The SMILES string of the molecule is COc1ccc(OCCNC(=O)CCN(C(C)=O)c2ccccc2C#N)cc1. The Hall–Kier alpha value is -3.53. The lowest BCUT2D eigenvalue weighted by atomic mass is 10.1. The van der Waals surface area contributed by atoms with Crippen LogP contribution in [0.3, 0.4) is 0 Å². The summed E-state index contributed by atoms with van der Waals surface area (Å²) in [5.74, 6) is 1.01. The molecule has 0 atom stereocenters. The Morgan fingerprint density at radius 1 is 1.11 bits per heavy atom. The van der Waals surface area contributed by atoms with E-state index in [1.807, 2.05) is 0 Å². The van der Waals surface area contributed by atoms with E-state index < -0.39 is 0 Å². The largest absolute Gasteiger partial charge is 0.497 e. The van der Waals surface area contributed by atoms with Gasteiger partial charge in [-0.25, -0.2) is 0 Å². The molecule has 7 nitrogen and oxygen atoms in total. The molecule has 28 heavy (non-hydrogen) atoms. The summed E-state index contributed by atoms with van der Waals surface area (Å²) in [6.07, 6.45) is 0.127. The van der Waals surface area contributed by atoms with Crippen molar-refractivity contribution in [3.05, 3.63) is 54.1 Å². The Balaban J connectivity index is 1.78. The molecule has 0 radical (unpaired) electrons. The highest BCUT2D eigenvalue weighted by Crippen LogP contribution is 2.20. The average molecular weight is 381 g/mol. The molecular formula is C21H23N3O4. The second kappa shape index (κ2) is 10.6. The molecule has 0 aliphatic rings. The lowest BCUT2D eigenvalue weighted by Crippen LogP contribution is -2.35. The normalized spacial score (nSPS) is 9.89. The lowest BCUT2D eigenvalue weighted by Gasteiger charge is -2.22. The summed E-state index contributed by atoms with van der Waals surface area (Å²) < 4.78 is 10.6. The smallest absolute Gasteiger partial charge is 0.223 e. The van der Waals surface area contributed by atoms with E-state index in [2.05, 4.69) is 11.4 Å². The highest BCUT2D eigenvalue weighted by atomic mass is 16.5. The van der Waals surface area contributed by atoms with Crippen LogP contribution in [0, 0.1) is 11.3 Å². The molecule has 1 N–H and O–H groups in total. The van der Waals surface area contributed by atoms with Gasteiger partial charge >= 0.3 is 0 Å². The Bertz CT molecular complexity index is 843. The van der Waals surface area contributed by atoms with E-state index in [0.717, 1.165) is 5.75 Å². The zero-order valence-electron chi connectivity index (χ0n) is 16.0. The van der Waals surface area contributed by atoms with Crippen LogP contribution < -0.4 is 19.7 Å². The van der Waals surface area contributed by atoms with Crippen LogP contribution in [0.25, 0.3) is 0 Å². The summed E-state index contributed by atoms with van der Waals surface area (Å²) in [5.41, 5.74) is 0.902. The molecule has 0 aliphatic heterocycles. The number of ether oxygens (including phenoxy) is 2. The van der Waals surface area contributed by atoms with Gasteiger partial charge in [-0.3, -0.25) is 9.59 Å². The maximum Gasteiger partial charge on any atom is 0.223 e. The number of anilines is 1. The lowest BCUT2D eigenvalue weighted by molar-refractivity contribution is -0.121. The molecule has 2 rings (SSSR count). The van der Waals surface area contributed by atoms with Crippen LogP contribution >= 0.6 is 0 Å². The summed E-state index contributed by atoms with van der Waals surface area (Å²) in [6, 6.07) is 16.1. The zero-order valence-corrected chi connectivity index (χ0v) is 16.0. The minimum atomic E-state index is -0.224. The number of methoxy groups -OCH3 is 1. The number of nitrogens with one attached hydrogen (secondary N) is 1. The Morgan fingerprint density at radius 3 is 2.43 bits per heavy atom. The van der Waals surface area contributed by atoms with Crippen molar-refractivity contribution in [2.75, 3.05) is 31.7 Å². The minimum Gasteiger partial charge on any atom is -0.497 e. The first-order chi connectivity index (χ1) is 13.5. The molecular weight excluding hydrogens is 358 g/mol. The van der Waals surface area contributed by atoms with Gasteiger partial charge in [0.15, 0.2) is 0 Å². The van der Waals surface area contributed by atoms with Crippen LogP contribution in [-0.4, -0.2) is 38.6 Å². The first kappa shape index (κ1) is 20.8. The van der Waals surface area contributed by atoms with E-state index in [9.17, 15) is 14.9 Å². The topological polar surface area (TPSA) is 91.7 Å². The Morgan fingerprint density at radius 2 is 1.79 bits per heavy atom. The Kier molecular flexibility index (Phi) is 7.85. The fraction of sp³-hybridized carbons (Fsp3) is 0.286. The van der Waals surface area contributed by atoms with Gasteiger partial charge < -0.3 is 19.7 Å². The number of nitriles is 1. The number of hydrogen-bond donors (Lipinski definition) is 1. The second-order valence-corrected chi connectivity index (χ2v) is 5.92. The number of carbonyl (C=O) groups excluding carboxylic acids is 2. The van der Waals surface area contributed by atoms with Crippen molar-refractivity contribution in [3.8, 4) is 17.6 Å². The standard InChI is InChI=1S/C21H23N3O4/c1-16(25)24(20-6-4-3-5-17(20)15-22)13-11-21(26)23-12-14-28-19-9-7-18(27-2)8-10-19/h3-10H,11-14H2,1-2H3,(H,23,26). The highest BCUT2D eigenvalue weighted by molar-refractivity contribution is 5.93. The summed E-state index contributed by atoms with van der Waals surface area (Å²) in [5, 5.41) is 12.0. The molecule has 0 saturated carbocycles. The van der Waals surface area contributed by atoms with Crippen molar-refractivity contribution in [1.82, 2.24) is 5.32 Å². The molecule has 0 unspecified atom stereocenters. The van der Waals surface area contributed by atoms with Gasteiger partial charge in [0.05, 0.1) is 24.9 Å². The van der Waals surface area contributed by atoms with Crippen LogP contribution in [0.2, 0.25) is 0 Å². The predicted octanol–water partition coefficient (Wildman–Crippen LogP) is 2.51. The van der Waals surface area contributed by atoms with E-state index >= 15 is 0 Å². The number of para-hydroxylation sites is 1. The number of carbonyl (C=O) groups is 2. The molecule has 7 heteroatoms. The Labute approximate surface area is 164 Å². The number of nitrogens with zero attached hydrogens (tertiary/aromatic N) is 2. The van der Waals surface area contributed by atoms with E-state index in [4.69, 9.17) is 9.47 Å². The first-order valence-corrected chi connectivity index (χ1v) is 8.86. The fourth-order valence-corrected chi connectivity index (χ4v) is 2.58. The van der Waals surface area contributed by atoms with Crippen molar-refractivity contribution in [2.24, 2.45) is 0 Å². The van der Waals surface area contributed by atoms with Crippen LogP contribution in [0.5, 0.6) is 11.5 Å². The van der Waals surface area contributed by atoms with Gasteiger partial charge in [0, 0.05) is 19.9 Å². The molecule has 0 fully saturated rings. The third-order valence-corrected chi connectivity index (χ3v) is 4.01. The van der Waals surface area contributed by atoms with E-state index in [1.54, 1.807) is 55.6 Å². The summed E-state index contributed by atoms with van der Waals surface area (Å²) in [6.45, 7) is 2.28. The molecule has 146 valence electrons. The average Bonchev–Trinajstić information content (AvgIpc) is 2.72. The van der Waals surface area contributed by atoms with E-state index in [-0.39, 0.29) is 24.8 Å². The fourth-order valence-electron chi connectivity index (χ4n) is 2.58. The van der Waals surface area contributed by atoms with Crippen molar-refractivity contribution in [1.29, 1.82) is 5.26 Å².